The summed E-state index contributed by atoms with van der Waals surface area (Å²) in [5, 5.41) is 14.7. The van der Waals surface area contributed by atoms with Gasteiger partial charge in [-0.15, -0.1) is 0 Å². The highest BCUT2D eigenvalue weighted by atomic mass is 16.6. The molecule has 0 saturated carbocycles. The van der Waals surface area contributed by atoms with Crippen LogP contribution in [0.15, 0.2) is 54.6 Å². The van der Waals surface area contributed by atoms with Gasteiger partial charge in [0.2, 0.25) is 0 Å². The molecule has 4 rings (SSSR count). The van der Waals surface area contributed by atoms with Crippen LogP contribution in [0, 0.1) is 16.0 Å². The van der Waals surface area contributed by atoms with E-state index in [4.69, 9.17) is 4.74 Å². The van der Waals surface area contributed by atoms with Gasteiger partial charge < -0.3 is 10.1 Å². The van der Waals surface area contributed by atoms with E-state index in [1.165, 1.54) is 6.07 Å². The minimum Gasteiger partial charge on any atom is -0.462 e. The second kappa shape index (κ2) is 6.87. The van der Waals surface area contributed by atoms with Gasteiger partial charge in [-0.05, 0) is 48.6 Å². The molecule has 1 N–H and O–H groups in total. The Morgan fingerprint density at radius 1 is 1.30 bits per heavy atom. The molecule has 138 valence electrons. The Hall–Kier alpha value is -3.15. The molecule has 0 amide bonds. The largest absolute Gasteiger partial charge is 0.462 e. The Balaban J connectivity index is 1.71. The first-order chi connectivity index (χ1) is 13.1. The third-order valence-electron chi connectivity index (χ3n) is 5.31. The molecule has 0 saturated heterocycles. The van der Waals surface area contributed by atoms with Crippen LogP contribution < -0.4 is 5.32 Å². The molecule has 1 aliphatic carbocycles. The fourth-order valence-corrected chi connectivity index (χ4v) is 4.10. The molecular weight excluding hydrogens is 344 g/mol. The number of nitrogens with zero attached hydrogens (tertiary/aromatic N) is 1. The number of carbonyl (C=O) groups excluding carboxylic acids is 1. The smallest absolute Gasteiger partial charge is 0.338 e. The highest BCUT2D eigenvalue weighted by molar-refractivity contribution is 5.90. The standard InChI is InChI=1S/C21H20N2O4/c1-2-27-21(24)14-9-10-19-18(12-14)16-7-4-8-17(16)20(22-19)13-5-3-6-15(11-13)23(25)26/h3-7,9-12,16-17,20,22H,2,8H2,1H3. The van der Waals surface area contributed by atoms with Crippen LogP contribution in [-0.4, -0.2) is 17.5 Å². The van der Waals surface area contributed by atoms with E-state index in [0.717, 1.165) is 23.2 Å². The number of nitro benzene ring substituents is 1. The summed E-state index contributed by atoms with van der Waals surface area (Å²) in [6, 6.07) is 12.3. The Labute approximate surface area is 157 Å². The van der Waals surface area contributed by atoms with Crippen molar-refractivity contribution < 1.29 is 14.5 Å². The lowest BCUT2D eigenvalue weighted by Crippen LogP contribution is -2.29. The van der Waals surface area contributed by atoms with Crippen molar-refractivity contribution in [1.29, 1.82) is 0 Å². The summed E-state index contributed by atoms with van der Waals surface area (Å²) in [5.41, 5.74) is 3.57. The predicted molar refractivity (Wildman–Crippen MR) is 102 cm³/mol. The maximum absolute atomic E-state index is 12.1. The zero-order chi connectivity index (χ0) is 19.0. The van der Waals surface area contributed by atoms with Crippen LogP contribution in [0.3, 0.4) is 0 Å². The normalized spacial score (nSPS) is 22.5. The summed E-state index contributed by atoms with van der Waals surface area (Å²) in [6.07, 6.45) is 5.20. The van der Waals surface area contributed by atoms with Crippen molar-refractivity contribution >= 4 is 17.3 Å². The molecule has 0 radical (unpaired) electrons. The van der Waals surface area contributed by atoms with Gasteiger partial charge in [-0.3, -0.25) is 10.1 Å². The summed E-state index contributed by atoms with van der Waals surface area (Å²) < 4.78 is 5.12. The van der Waals surface area contributed by atoms with E-state index in [2.05, 4.69) is 17.5 Å². The molecule has 3 atom stereocenters. The van der Waals surface area contributed by atoms with E-state index in [1.54, 1.807) is 25.1 Å². The van der Waals surface area contributed by atoms with Gasteiger partial charge >= 0.3 is 5.97 Å². The first kappa shape index (κ1) is 17.3. The summed E-state index contributed by atoms with van der Waals surface area (Å²) in [7, 11) is 0. The molecule has 0 spiro atoms. The number of esters is 1. The molecule has 27 heavy (non-hydrogen) atoms. The van der Waals surface area contributed by atoms with Crippen molar-refractivity contribution in [1.82, 2.24) is 0 Å². The second-order valence-corrected chi connectivity index (χ2v) is 6.85. The minimum absolute atomic E-state index is 0.0224. The van der Waals surface area contributed by atoms with Crippen LogP contribution in [0.5, 0.6) is 0 Å². The molecule has 2 aromatic rings. The van der Waals surface area contributed by atoms with Crippen molar-refractivity contribution in [2.45, 2.75) is 25.3 Å². The number of anilines is 1. The van der Waals surface area contributed by atoms with Crippen molar-refractivity contribution in [3.8, 4) is 0 Å². The van der Waals surface area contributed by atoms with Gasteiger partial charge in [-0.25, -0.2) is 4.79 Å². The number of benzene rings is 2. The molecule has 3 unspecified atom stereocenters. The first-order valence-corrected chi connectivity index (χ1v) is 9.07. The SMILES string of the molecule is CCOC(=O)c1ccc2c(c1)C1C=CCC1C(c1cccc([N+](=O)[O-])c1)N2. The van der Waals surface area contributed by atoms with Crippen LogP contribution in [0.4, 0.5) is 11.4 Å². The Bertz CT molecular complexity index is 938. The Kier molecular flexibility index (Phi) is 4.39. The number of hydrogen-bond acceptors (Lipinski definition) is 5. The minimum atomic E-state index is -0.365. The molecule has 2 aromatic carbocycles. The Morgan fingerprint density at radius 2 is 2.15 bits per heavy atom. The fourth-order valence-electron chi connectivity index (χ4n) is 4.10. The van der Waals surface area contributed by atoms with Crippen LogP contribution in [0.25, 0.3) is 0 Å². The number of ether oxygens (including phenoxy) is 1. The second-order valence-electron chi connectivity index (χ2n) is 6.85. The van der Waals surface area contributed by atoms with Crippen LogP contribution in [0.2, 0.25) is 0 Å². The van der Waals surface area contributed by atoms with Crippen LogP contribution >= 0.6 is 0 Å². The van der Waals surface area contributed by atoms with Gasteiger partial charge in [-0.1, -0.05) is 24.3 Å². The summed E-state index contributed by atoms with van der Waals surface area (Å²) in [4.78, 5) is 22.9. The highest BCUT2D eigenvalue weighted by Gasteiger charge is 2.38. The number of allylic oxidation sites excluding steroid dienone is 2. The van der Waals surface area contributed by atoms with Crippen molar-refractivity contribution in [2.75, 3.05) is 11.9 Å². The maximum Gasteiger partial charge on any atom is 0.338 e. The number of carbonyl (C=O) groups is 1. The van der Waals surface area contributed by atoms with Crippen molar-refractivity contribution in [3.05, 3.63) is 81.4 Å². The monoisotopic (exact) mass is 364 g/mol. The number of rotatable bonds is 4. The number of hydrogen-bond donors (Lipinski definition) is 1. The van der Waals surface area contributed by atoms with Gasteiger partial charge in [-0.2, -0.15) is 0 Å². The van der Waals surface area contributed by atoms with Gasteiger partial charge in [0.15, 0.2) is 0 Å². The predicted octanol–water partition coefficient (Wildman–Crippen LogP) is 4.60. The van der Waals surface area contributed by atoms with Gasteiger partial charge in [0, 0.05) is 23.7 Å². The average Bonchev–Trinajstić information content (AvgIpc) is 3.17. The van der Waals surface area contributed by atoms with Gasteiger partial charge in [0.1, 0.15) is 0 Å². The Morgan fingerprint density at radius 3 is 2.93 bits per heavy atom. The quantitative estimate of drug-likeness (QED) is 0.371. The van der Waals surface area contributed by atoms with E-state index in [-0.39, 0.29) is 34.5 Å². The number of nitrogens with one attached hydrogen (secondary N) is 1. The lowest BCUT2D eigenvalue weighted by Gasteiger charge is -2.37. The molecule has 6 heteroatoms. The van der Waals surface area contributed by atoms with Gasteiger partial charge in [0.05, 0.1) is 23.1 Å². The van der Waals surface area contributed by atoms with E-state index >= 15 is 0 Å². The van der Waals surface area contributed by atoms with Crippen LogP contribution in [-0.2, 0) is 4.74 Å². The summed E-state index contributed by atoms with van der Waals surface area (Å²) in [5.74, 6) is 0.0940. The number of nitro groups is 1. The summed E-state index contributed by atoms with van der Waals surface area (Å²) in [6.45, 7) is 2.13. The fraction of sp³-hybridized carbons (Fsp3) is 0.286. The van der Waals surface area contributed by atoms with E-state index < -0.39 is 0 Å². The molecule has 1 heterocycles. The van der Waals surface area contributed by atoms with E-state index in [1.807, 2.05) is 18.2 Å². The lowest BCUT2D eigenvalue weighted by molar-refractivity contribution is -0.384. The third-order valence-corrected chi connectivity index (χ3v) is 5.31. The summed E-state index contributed by atoms with van der Waals surface area (Å²) >= 11 is 0. The highest BCUT2D eigenvalue weighted by Crippen LogP contribution is 2.50. The number of non-ortho nitro benzene ring substituents is 1. The first-order valence-electron chi connectivity index (χ1n) is 9.07. The molecule has 6 nitrogen and oxygen atoms in total. The topological polar surface area (TPSA) is 81.5 Å². The average molecular weight is 364 g/mol. The lowest BCUT2D eigenvalue weighted by atomic mass is 9.76. The molecule has 2 aliphatic rings. The molecule has 1 aliphatic heterocycles. The zero-order valence-electron chi connectivity index (χ0n) is 14.9. The molecule has 0 bridgehead atoms. The molecule has 0 aromatic heterocycles. The van der Waals surface area contributed by atoms with Crippen molar-refractivity contribution in [3.63, 3.8) is 0 Å². The van der Waals surface area contributed by atoms with E-state index in [9.17, 15) is 14.9 Å². The molecule has 0 fully saturated rings. The molecular formula is C21H20N2O4. The maximum atomic E-state index is 12.1. The van der Waals surface area contributed by atoms with Crippen LogP contribution in [0.1, 0.15) is 46.8 Å². The third kappa shape index (κ3) is 3.07. The zero-order valence-corrected chi connectivity index (χ0v) is 14.9. The van der Waals surface area contributed by atoms with Gasteiger partial charge in [0.25, 0.3) is 5.69 Å². The van der Waals surface area contributed by atoms with E-state index in [0.29, 0.717) is 12.2 Å². The van der Waals surface area contributed by atoms with Crippen molar-refractivity contribution in [2.24, 2.45) is 5.92 Å². The number of fused-ring (bicyclic) bond motifs is 3.